The van der Waals surface area contributed by atoms with E-state index in [9.17, 15) is 9.59 Å². The van der Waals surface area contributed by atoms with Crippen molar-refractivity contribution in [1.29, 1.82) is 0 Å². The Hall–Kier alpha value is -1.95. The van der Waals surface area contributed by atoms with Crippen LogP contribution in [-0.4, -0.2) is 27.3 Å². The summed E-state index contributed by atoms with van der Waals surface area (Å²) in [4.78, 5) is 28.8. The van der Waals surface area contributed by atoms with Gasteiger partial charge in [-0.25, -0.2) is 9.78 Å². The first-order valence-electron chi connectivity index (χ1n) is 6.14. The van der Waals surface area contributed by atoms with Crippen molar-refractivity contribution in [3.05, 3.63) is 39.2 Å². The first-order valence-corrected chi connectivity index (χ1v) is 6.14. The number of aryl methyl sites for hydroxylation is 1. The highest BCUT2D eigenvalue weighted by molar-refractivity contribution is 5.73. The van der Waals surface area contributed by atoms with Gasteiger partial charge in [-0.15, -0.1) is 0 Å². The van der Waals surface area contributed by atoms with Crippen LogP contribution in [-0.2, 0) is 18.3 Å². The van der Waals surface area contributed by atoms with Crippen molar-refractivity contribution in [1.82, 2.24) is 14.1 Å². The van der Waals surface area contributed by atoms with Crippen LogP contribution in [0.15, 0.2) is 27.9 Å². The van der Waals surface area contributed by atoms with E-state index in [0.29, 0.717) is 30.8 Å². The van der Waals surface area contributed by atoms with Gasteiger partial charge in [0.1, 0.15) is 5.65 Å². The van der Waals surface area contributed by atoms with Crippen molar-refractivity contribution < 1.29 is 4.74 Å². The summed E-state index contributed by atoms with van der Waals surface area (Å²) in [7, 11) is 1.63. The molecule has 1 saturated heterocycles. The van der Waals surface area contributed by atoms with Crippen molar-refractivity contribution >= 4 is 11.0 Å². The summed E-state index contributed by atoms with van der Waals surface area (Å²) in [6, 6.07) is 3.40. The highest BCUT2D eigenvalue weighted by Crippen LogP contribution is 2.27. The molecular formula is C13H15N3O3. The van der Waals surface area contributed by atoms with Crippen molar-refractivity contribution in [2.75, 3.05) is 13.2 Å². The lowest BCUT2D eigenvalue weighted by Crippen LogP contribution is -2.49. The van der Waals surface area contributed by atoms with Gasteiger partial charge in [0.2, 0.25) is 0 Å². The van der Waals surface area contributed by atoms with Gasteiger partial charge in [-0.05, 0) is 12.1 Å². The van der Waals surface area contributed by atoms with E-state index in [1.165, 1.54) is 9.13 Å². The summed E-state index contributed by atoms with van der Waals surface area (Å²) >= 11 is 0. The molecule has 0 amide bonds. The number of aromatic nitrogens is 3. The van der Waals surface area contributed by atoms with E-state index < -0.39 is 0 Å². The number of hydrogen-bond donors (Lipinski definition) is 0. The van der Waals surface area contributed by atoms with Crippen molar-refractivity contribution in [3.8, 4) is 0 Å². The van der Waals surface area contributed by atoms with Gasteiger partial charge in [0.25, 0.3) is 5.56 Å². The third kappa shape index (κ3) is 1.79. The molecule has 1 fully saturated rings. The second-order valence-electron chi connectivity index (χ2n) is 5.41. The Labute approximate surface area is 109 Å². The van der Waals surface area contributed by atoms with Gasteiger partial charge in [0.05, 0.1) is 18.6 Å². The van der Waals surface area contributed by atoms with E-state index in [4.69, 9.17) is 4.74 Å². The topological polar surface area (TPSA) is 66.1 Å². The second-order valence-corrected chi connectivity index (χ2v) is 5.41. The molecule has 0 radical (unpaired) electrons. The van der Waals surface area contributed by atoms with E-state index in [-0.39, 0.29) is 16.7 Å². The molecule has 0 aromatic carbocycles. The number of ether oxygens (including phenoxy) is 1. The number of rotatable bonds is 2. The maximum Gasteiger partial charge on any atom is 0.332 e. The zero-order chi connectivity index (χ0) is 13.6. The lowest BCUT2D eigenvalue weighted by atomic mass is 9.88. The Kier molecular flexibility index (Phi) is 2.56. The van der Waals surface area contributed by atoms with Crippen LogP contribution in [0.25, 0.3) is 11.0 Å². The molecule has 0 N–H and O–H groups in total. The van der Waals surface area contributed by atoms with Crippen LogP contribution in [0.5, 0.6) is 0 Å². The molecular weight excluding hydrogens is 246 g/mol. The normalized spacial score (nSPS) is 17.4. The predicted octanol–water partition coefficient (Wildman–Crippen LogP) is 0.132. The SMILES string of the molecule is Cn1c(=O)n(CC2(C)COC2)c(=O)c2cccnc21. The van der Waals surface area contributed by atoms with Crippen LogP contribution in [0, 0.1) is 5.41 Å². The fourth-order valence-electron chi connectivity index (χ4n) is 2.40. The van der Waals surface area contributed by atoms with Gasteiger partial charge >= 0.3 is 5.69 Å². The molecule has 0 atom stereocenters. The van der Waals surface area contributed by atoms with Gasteiger partial charge in [-0.3, -0.25) is 13.9 Å². The maximum atomic E-state index is 12.4. The summed E-state index contributed by atoms with van der Waals surface area (Å²) in [6.45, 7) is 3.54. The third-order valence-corrected chi connectivity index (χ3v) is 3.54. The quantitative estimate of drug-likeness (QED) is 0.771. The molecule has 6 nitrogen and oxygen atoms in total. The van der Waals surface area contributed by atoms with E-state index in [0.717, 1.165) is 0 Å². The lowest BCUT2D eigenvalue weighted by Gasteiger charge is -2.38. The first kappa shape index (κ1) is 12.1. The summed E-state index contributed by atoms with van der Waals surface area (Å²) in [5.41, 5.74) is -0.321. The van der Waals surface area contributed by atoms with Crippen LogP contribution in [0.2, 0.25) is 0 Å². The fraction of sp³-hybridized carbons (Fsp3) is 0.462. The first-order chi connectivity index (χ1) is 9.02. The van der Waals surface area contributed by atoms with Crippen molar-refractivity contribution in [2.45, 2.75) is 13.5 Å². The molecule has 2 aromatic heterocycles. The number of pyridine rings is 1. The van der Waals surface area contributed by atoms with Crippen LogP contribution >= 0.6 is 0 Å². The van der Waals surface area contributed by atoms with Crippen LogP contribution < -0.4 is 11.2 Å². The molecule has 1 aliphatic heterocycles. The molecule has 0 saturated carbocycles. The summed E-state index contributed by atoms with van der Waals surface area (Å²) in [6.07, 6.45) is 1.58. The van der Waals surface area contributed by atoms with Crippen molar-refractivity contribution in [3.63, 3.8) is 0 Å². The smallest absolute Gasteiger partial charge is 0.332 e. The molecule has 100 valence electrons. The Morgan fingerprint density at radius 3 is 2.79 bits per heavy atom. The minimum Gasteiger partial charge on any atom is -0.380 e. The number of fused-ring (bicyclic) bond motifs is 1. The Bertz CT molecular complexity index is 756. The minimum absolute atomic E-state index is 0.133. The minimum atomic E-state index is -0.329. The lowest BCUT2D eigenvalue weighted by molar-refractivity contribution is -0.111. The van der Waals surface area contributed by atoms with E-state index >= 15 is 0 Å². The average molecular weight is 261 g/mol. The Balaban J connectivity index is 2.25. The molecule has 3 heterocycles. The highest BCUT2D eigenvalue weighted by atomic mass is 16.5. The zero-order valence-corrected chi connectivity index (χ0v) is 10.9. The second kappa shape index (κ2) is 4.03. The van der Waals surface area contributed by atoms with E-state index in [1.807, 2.05) is 6.92 Å². The van der Waals surface area contributed by atoms with Crippen LogP contribution in [0.3, 0.4) is 0 Å². The standard InChI is InChI=1S/C13H15N3O3/c1-13(7-19-8-13)6-16-11(17)9-4-3-5-14-10(9)15(2)12(16)18/h3-5H,6-8H2,1-2H3. The summed E-state index contributed by atoms with van der Waals surface area (Å²) in [5.74, 6) is 0. The molecule has 3 rings (SSSR count). The Morgan fingerprint density at radius 1 is 1.42 bits per heavy atom. The van der Waals surface area contributed by atoms with E-state index in [1.54, 1.807) is 25.4 Å². The van der Waals surface area contributed by atoms with Crippen molar-refractivity contribution in [2.24, 2.45) is 12.5 Å². The molecule has 1 aliphatic rings. The molecule has 19 heavy (non-hydrogen) atoms. The monoisotopic (exact) mass is 261 g/mol. The Morgan fingerprint density at radius 2 is 2.16 bits per heavy atom. The summed E-state index contributed by atoms with van der Waals surface area (Å²) < 4.78 is 7.87. The molecule has 0 spiro atoms. The van der Waals surface area contributed by atoms with Crippen LogP contribution in [0.1, 0.15) is 6.92 Å². The highest BCUT2D eigenvalue weighted by Gasteiger charge is 2.35. The molecule has 6 heteroatoms. The zero-order valence-electron chi connectivity index (χ0n) is 10.9. The number of hydrogen-bond acceptors (Lipinski definition) is 4. The molecule has 2 aromatic rings. The van der Waals surface area contributed by atoms with Gasteiger partial charge in [0.15, 0.2) is 0 Å². The largest absolute Gasteiger partial charge is 0.380 e. The van der Waals surface area contributed by atoms with Gasteiger partial charge in [0, 0.05) is 25.2 Å². The molecule has 0 unspecified atom stereocenters. The summed E-state index contributed by atoms with van der Waals surface area (Å²) in [5, 5.41) is 0.466. The van der Waals surface area contributed by atoms with Gasteiger partial charge < -0.3 is 4.74 Å². The third-order valence-electron chi connectivity index (χ3n) is 3.54. The maximum absolute atomic E-state index is 12.4. The van der Waals surface area contributed by atoms with E-state index in [2.05, 4.69) is 4.98 Å². The van der Waals surface area contributed by atoms with Crippen LogP contribution in [0.4, 0.5) is 0 Å². The average Bonchev–Trinajstić information content (AvgIpc) is 2.39. The van der Waals surface area contributed by atoms with Gasteiger partial charge in [-0.1, -0.05) is 6.92 Å². The number of nitrogens with zero attached hydrogens (tertiary/aromatic N) is 3. The predicted molar refractivity (Wildman–Crippen MR) is 70.2 cm³/mol. The molecule has 0 bridgehead atoms. The fourth-order valence-corrected chi connectivity index (χ4v) is 2.40. The molecule has 0 aliphatic carbocycles. The van der Waals surface area contributed by atoms with Gasteiger partial charge in [-0.2, -0.15) is 0 Å².